The number of amides is 1. The van der Waals surface area contributed by atoms with E-state index in [0.717, 1.165) is 18.0 Å². The third-order valence-electron chi connectivity index (χ3n) is 4.32. The molecule has 0 bridgehead atoms. The first-order chi connectivity index (χ1) is 13.2. The second-order valence-corrected chi connectivity index (χ2v) is 6.16. The van der Waals surface area contributed by atoms with Gasteiger partial charge in [-0.1, -0.05) is 12.1 Å². The molecule has 2 atom stereocenters. The molecule has 0 spiro atoms. The van der Waals surface area contributed by atoms with E-state index < -0.39 is 6.67 Å². The summed E-state index contributed by atoms with van der Waals surface area (Å²) >= 11 is 0. The minimum absolute atomic E-state index is 0.0227. The molecule has 0 radical (unpaired) electrons. The van der Waals surface area contributed by atoms with Crippen LogP contribution >= 0.6 is 0 Å². The summed E-state index contributed by atoms with van der Waals surface area (Å²) in [6, 6.07) is 15.0. The molecule has 2 aromatic carbocycles. The van der Waals surface area contributed by atoms with E-state index in [4.69, 9.17) is 4.74 Å². The van der Waals surface area contributed by atoms with E-state index in [9.17, 15) is 9.18 Å². The highest BCUT2D eigenvalue weighted by molar-refractivity contribution is 5.94. The van der Waals surface area contributed by atoms with Gasteiger partial charge < -0.3 is 15.4 Å². The number of carbonyl (C=O) groups excluding carboxylic acids is 1. The van der Waals surface area contributed by atoms with E-state index in [1.54, 1.807) is 31.4 Å². The maximum absolute atomic E-state index is 12.1. The Morgan fingerprint density at radius 3 is 2.56 bits per heavy atom. The maximum atomic E-state index is 12.1. The summed E-state index contributed by atoms with van der Waals surface area (Å²) in [5.41, 5.74) is 2.51. The number of halogens is 1. The lowest BCUT2D eigenvalue weighted by molar-refractivity contribution is 0.0951. The van der Waals surface area contributed by atoms with Crippen LogP contribution < -0.4 is 20.7 Å². The van der Waals surface area contributed by atoms with Gasteiger partial charge in [0.05, 0.1) is 7.11 Å². The Balaban J connectivity index is 1.55. The first-order valence-corrected chi connectivity index (χ1v) is 8.81. The molecule has 1 heterocycles. The third kappa shape index (κ3) is 5.04. The number of alkyl halides is 1. The van der Waals surface area contributed by atoms with E-state index in [1.165, 1.54) is 5.56 Å². The normalized spacial score (nSPS) is 18.7. The largest absolute Gasteiger partial charge is 0.497 e. The van der Waals surface area contributed by atoms with E-state index in [0.29, 0.717) is 5.56 Å². The zero-order valence-corrected chi connectivity index (χ0v) is 15.1. The number of benzene rings is 2. The first-order valence-electron chi connectivity index (χ1n) is 8.81. The van der Waals surface area contributed by atoms with Gasteiger partial charge in [0.15, 0.2) is 6.29 Å². The number of hydrogen-bond acceptors (Lipinski definition) is 5. The highest BCUT2D eigenvalue weighted by Crippen LogP contribution is 2.20. The first kappa shape index (κ1) is 18.8. The van der Waals surface area contributed by atoms with Crippen molar-refractivity contribution in [2.75, 3.05) is 32.2 Å². The lowest BCUT2D eigenvalue weighted by Crippen LogP contribution is -2.41. The summed E-state index contributed by atoms with van der Waals surface area (Å²) in [5, 5.41) is 9.11. The molecule has 2 unspecified atom stereocenters. The predicted molar refractivity (Wildman–Crippen MR) is 104 cm³/mol. The Labute approximate surface area is 157 Å². The van der Waals surface area contributed by atoms with Crippen LogP contribution in [0.15, 0.2) is 53.5 Å². The van der Waals surface area contributed by atoms with Crippen LogP contribution in [0.25, 0.3) is 0 Å². The van der Waals surface area contributed by atoms with E-state index in [1.807, 2.05) is 30.5 Å². The molecule has 1 amide bonds. The van der Waals surface area contributed by atoms with E-state index in [-0.39, 0.29) is 24.7 Å². The molecule has 0 saturated carbocycles. The van der Waals surface area contributed by atoms with Crippen molar-refractivity contribution in [1.29, 1.82) is 0 Å². The van der Waals surface area contributed by atoms with E-state index in [2.05, 4.69) is 20.9 Å². The number of methoxy groups -OCH3 is 1. The fraction of sp³-hybridized carbons (Fsp3) is 0.300. The zero-order valence-electron chi connectivity index (χ0n) is 15.1. The van der Waals surface area contributed by atoms with Gasteiger partial charge in [0.25, 0.3) is 5.91 Å². The van der Waals surface area contributed by atoms with Gasteiger partial charge in [-0.15, -0.1) is 0 Å². The van der Waals surface area contributed by atoms with Gasteiger partial charge in [0.1, 0.15) is 12.4 Å². The number of carbonyl (C=O) groups is 1. The van der Waals surface area contributed by atoms with Crippen molar-refractivity contribution in [2.45, 2.75) is 12.2 Å². The topological polar surface area (TPSA) is 74.8 Å². The Morgan fingerprint density at radius 2 is 1.96 bits per heavy atom. The van der Waals surface area contributed by atoms with Crippen molar-refractivity contribution in [3.63, 3.8) is 0 Å². The van der Waals surface area contributed by atoms with Crippen LogP contribution in [0.1, 0.15) is 21.8 Å². The quantitative estimate of drug-likeness (QED) is 0.700. The van der Waals surface area contributed by atoms with Crippen molar-refractivity contribution in [2.24, 2.45) is 4.99 Å². The van der Waals surface area contributed by atoms with Crippen LogP contribution in [-0.4, -0.2) is 45.3 Å². The molecule has 0 aliphatic carbocycles. The standard InChI is InChI=1S/C20H23FN4O2/c1-27-18-8-4-14(5-9-18)16-12-23-20(24-13-16)25-17-6-2-15(3-7-17)19(26)22-11-10-21/h2-9,12,16,20,24-25H,10-11,13H2,1H3,(H,22,26). The lowest BCUT2D eigenvalue weighted by atomic mass is 9.99. The van der Waals surface area contributed by atoms with Gasteiger partial charge in [0, 0.05) is 36.5 Å². The number of anilines is 1. The van der Waals surface area contributed by atoms with Crippen LogP contribution in [-0.2, 0) is 0 Å². The molecular weight excluding hydrogens is 347 g/mol. The van der Waals surface area contributed by atoms with Crippen LogP contribution in [0.4, 0.5) is 10.1 Å². The van der Waals surface area contributed by atoms with Gasteiger partial charge in [-0.3, -0.25) is 15.1 Å². The van der Waals surface area contributed by atoms with Gasteiger partial charge >= 0.3 is 0 Å². The summed E-state index contributed by atoms with van der Waals surface area (Å²) in [5.74, 6) is 0.756. The van der Waals surface area contributed by atoms with Crippen molar-refractivity contribution in [1.82, 2.24) is 10.6 Å². The molecular formula is C20H23FN4O2. The molecule has 1 aliphatic rings. The number of hydrogen-bond donors (Lipinski definition) is 3. The number of nitrogens with zero attached hydrogens (tertiary/aromatic N) is 1. The third-order valence-corrected chi connectivity index (χ3v) is 4.32. The summed E-state index contributed by atoms with van der Waals surface area (Å²) in [4.78, 5) is 16.3. The minimum Gasteiger partial charge on any atom is -0.497 e. The highest BCUT2D eigenvalue weighted by Gasteiger charge is 2.17. The zero-order chi connectivity index (χ0) is 19.1. The molecule has 7 heteroatoms. The highest BCUT2D eigenvalue weighted by atomic mass is 19.1. The Kier molecular flexibility index (Phi) is 6.38. The summed E-state index contributed by atoms with van der Waals surface area (Å²) in [7, 11) is 1.65. The lowest BCUT2D eigenvalue weighted by Gasteiger charge is -2.25. The van der Waals surface area contributed by atoms with Crippen LogP contribution in [0.5, 0.6) is 5.75 Å². The fourth-order valence-corrected chi connectivity index (χ4v) is 2.82. The Hall–Kier alpha value is -2.93. The molecule has 142 valence electrons. The summed E-state index contributed by atoms with van der Waals surface area (Å²) in [6.45, 7) is 0.209. The number of nitrogens with one attached hydrogen (secondary N) is 3. The van der Waals surface area contributed by atoms with Gasteiger partial charge in [-0.25, -0.2) is 4.39 Å². The molecule has 0 fully saturated rings. The van der Waals surface area contributed by atoms with Gasteiger partial charge in [-0.05, 0) is 42.0 Å². The van der Waals surface area contributed by atoms with Crippen LogP contribution in [0, 0.1) is 0 Å². The average molecular weight is 370 g/mol. The van der Waals surface area contributed by atoms with Crippen LogP contribution in [0.2, 0.25) is 0 Å². The molecule has 2 aromatic rings. The molecule has 0 saturated heterocycles. The molecule has 0 aromatic heterocycles. The van der Waals surface area contributed by atoms with Gasteiger partial charge in [-0.2, -0.15) is 0 Å². The van der Waals surface area contributed by atoms with Crippen molar-refractivity contribution < 1.29 is 13.9 Å². The summed E-state index contributed by atoms with van der Waals surface area (Å²) in [6.07, 6.45) is 1.71. The Bertz CT molecular complexity index is 778. The van der Waals surface area contributed by atoms with Gasteiger partial charge in [0.2, 0.25) is 0 Å². The molecule has 3 rings (SSSR count). The number of ether oxygens (including phenoxy) is 1. The number of aliphatic imine (C=N–C) groups is 1. The van der Waals surface area contributed by atoms with Crippen molar-refractivity contribution in [3.8, 4) is 5.75 Å². The van der Waals surface area contributed by atoms with E-state index >= 15 is 0 Å². The fourth-order valence-electron chi connectivity index (χ4n) is 2.82. The minimum atomic E-state index is -0.575. The molecule has 3 N–H and O–H groups in total. The number of rotatable bonds is 7. The predicted octanol–water partition coefficient (Wildman–Crippen LogP) is 2.55. The monoisotopic (exact) mass is 370 g/mol. The maximum Gasteiger partial charge on any atom is 0.251 e. The second-order valence-electron chi connectivity index (χ2n) is 6.16. The van der Waals surface area contributed by atoms with Crippen molar-refractivity contribution in [3.05, 3.63) is 59.7 Å². The average Bonchev–Trinajstić information content (AvgIpc) is 2.73. The molecule has 1 aliphatic heterocycles. The van der Waals surface area contributed by atoms with Crippen molar-refractivity contribution >= 4 is 17.8 Å². The summed E-state index contributed by atoms with van der Waals surface area (Å²) < 4.78 is 17.3. The molecule has 27 heavy (non-hydrogen) atoms. The SMILES string of the molecule is COc1ccc(C2C=NC(Nc3ccc(C(=O)NCCF)cc3)NC2)cc1. The Morgan fingerprint density at radius 1 is 1.22 bits per heavy atom. The smallest absolute Gasteiger partial charge is 0.251 e. The molecule has 6 nitrogen and oxygen atoms in total. The second kappa shape index (κ2) is 9.14. The van der Waals surface area contributed by atoms with Crippen LogP contribution in [0.3, 0.4) is 0 Å².